The number of piperazine rings is 1. The highest BCUT2D eigenvalue weighted by molar-refractivity contribution is 6.41. The molecule has 2 aromatic carbocycles. The molecule has 8 nitrogen and oxygen atoms in total. The van der Waals surface area contributed by atoms with Gasteiger partial charge < -0.3 is 19.5 Å². The highest BCUT2D eigenvalue weighted by atomic mass is 35.5. The van der Waals surface area contributed by atoms with E-state index in [1.807, 2.05) is 13.8 Å². The number of hydrogen-bond acceptors (Lipinski definition) is 5. The van der Waals surface area contributed by atoms with Gasteiger partial charge in [-0.15, -0.1) is 25.6 Å². The van der Waals surface area contributed by atoms with Crippen molar-refractivity contribution in [2.24, 2.45) is 5.92 Å². The zero-order valence-corrected chi connectivity index (χ0v) is 22.9. The number of alkyl halides is 3. The Morgan fingerprint density at radius 1 is 1.15 bits per heavy atom. The zero-order chi connectivity index (χ0) is 28.3. The molecule has 4 rings (SSSR count). The summed E-state index contributed by atoms with van der Waals surface area (Å²) in [6.45, 7) is 5.87. The molecule has 212 valence electrons. The third-order valence-corrected chi connectivity index (χ3v) is 6.49. The number of anilines is 1. The fourth-order valence-electron chi connectivity index (χ4n) is 4.88. The molecule has 40 heavy (non-hydrogen) atoms. The summed E-state index contributed by atoms with van der Waals surface area (Å²) in [7, 11) is 0. The number of carbonyl (C=O) groups is 2. The molecule has 0 radical (unpaired) electrons. The Kier molecular flexibility index (Phi) is 9.48. The minimum Gasteiger partial charge on any atom is -0.406 e. The lowest BCUT2D eigenvalue weighted by Gasteiger charge is -2.45. The third kappa shape index (κ3) is 7.12. The maximum absolute atomic E-state index is 13.8. The highest BCUT2D eigenvalue weighted by Gasteiger charge is 2.44. The quantitative estimate of drug-likeness (QED) is 0.358. The van der Waals surface area contributed by atoms with Gasteiger partial charge in [0.25, 0.3) is 0 Å². The molecule has 0 spiro atoms. The molecule has 1 aliphatic heterocycles. The molecule has 0 bridgehead atoms. The second-order valence-corrected chi connectivity index (χ2v) is 9.91. The van der Waals surface area contributed by atoms with E-state index in [0.29, 0.717) is 29.9 Å². The molecule has 0 saturated carbocycles. The lowest BCUT2D eigenvalue weighted by Crippen LogP contribution is -2.61. The summed E-state index contributed by atoms with van der Waals surface area (Å²) in [5.74, 6) is -1.29. The topological polar surface area (TPSA) is 102 Å². The Labute approximate surface area is 236 Å². The number of hydrogen-bond donors (Lipinski definition) is 1. The number of nitrogens with zero attached hydrogens (tertiary/aromatic N) is 4. The van der Waals surface area contributed by atoms with Crippen LogP contribution in [0.25, 0.3) is 0 Å². The maximum Gasteiger partial charge on any atom is 0.573 e. The number of ether oxygens (including phenoxy) is 1. The van der Waals surface area contributed by atoms with Crippen molar-refractivity contribution in [1.29, 1.82) is 5.26 Å². The van der Waals surface area contributed by atoms with Gasteiger partial charge in [-0.25, -0.2) is 4.98 Å². The molecular formula is C28H29ClF3N5O3. The summed E-state index contributed by atoms with van der Waals surface area (Å²) >= 11 is 0. The Morgan fingerprint density at radius 3 is 2.42 bits per heavy atom. The lowest BCUT2D eigenvalue weighted by atomic mass is 9.93. The van der Waals surface area contributed by atoms with Crippen LogP contribution in [0.5, 0.6) is 5.75 Å². The van der Waals surface area contributed by atoms with Crippen LogP contribution in [0.3, 0.4) is 0 Å². The smallest absolute Gasteiger partial charge is 0.406 e. The van der Waals surface area contributed by atoms with Gasteiger partial charge in [0.15, 0.2) is 0 Å². The molecule has 3 aromatic rings. The van der Waals surface area contributed by atoms with Crippen molar-refractivity contribution in [3.63, 3.8) is 0 Å². The van der Waals surface area contributed by atoms with E-state index >= 15 is 0 Å². The van der Waals surface area contributed by atoms with Gasteiger partial charge in [0.1, 0.15) is 11.6 Å². The molecule has 1 N–H and O–H groups in total. The molecule has 1 fully saturated rings. The average Bonchev–Trinajstić information content (AvgIpc) is 3.30. The molecule has 0 aliphatic carbocycles. The first kappa shape index (κ1) is 30.5. The number of benzene rings is 2. The SMILES string of the molecule is Cc1ncc([C@H](Cc2ccc(C#N)cc2)N2C(=O)C(=O)N(c3cccc(OC(F)(F)F)c3)CC2CC(C)C)[nH]1.Cl. The van der Waals surface area contributed by atoms with Gasteiger partial charge in [0.05, 0.1) is 35.6 Å². The second kappa shape index (κ2) is 12.4. The van der Waals surface area contributed by atoms with Crippen molar-refractivity contribution in [3.05, 3.63) is 77.4 Å². The monoisotopic (exact) mass is 575 g/mol. The van der Waals surface area contributed by atoms with E-state index in [-0.39, 0.29) is 30.6 Å². The van der Waals surface area contributed by atoms with Gasteiger partial charge in [-0.2, -0.15) is 5.26 Å². The van der Waals surface area contributed by atoms with Crippen LogP contribution in [0, 0.1) is 24.2 Å². The fraction of sp³-hybridized carbons (Fsp3) is 0.357. The Balaban J connectivity index is 0.00000441. The predicted molar refractivity (Wildman–Crippen MR) is 144 cm³/mol. The van der Waals surface area contributed by atoms with Gasteiger partial charge in [-0.05, 0) is 55.5 Å². The number of H-pyrrole nitrogens is 1. The number of aromatic nitrogens is 2. The van der Waals surface area contributed by atoms with E-state index in [9.17, 15) is 22.8 Å². The summed E-state index contributed by atoms with van der Waals surface area (Å²) in [6, 6.07) is 13.1. The third-order valence-electron chi connectivity index (χ3n) is 6.49. The Bertz CT molecular complexity index is 1380. The minimum absolute atomic E-state index is 0. The summed E-state index contributed by atoms with van der Waals surface area (Å²) in [5.41, 5.74) is 2.15. The number of nitriles is 1. The second-order valence-electron chi connectivity index (χ2n) is 9.91. The van der Waals surface area contributed by atoms with Crippen molar-refractivity contribution in [3.8, 4) is 11.8 Å². The van der Waals surface area contributed by atoms with E-state index < -0.39 is 36.0 Å². The molecule has 2 atom stereocenters. The van der Waals surface area contributed by atoms with Gasteiger partial charge >= 0.3 is 18.2 Å². The van der Waals surface area contributed by atoms with Crippen molar-refractivity contribution in [1.82, 2.24) is 14.9 Å². The number of imidazole rings is 1. The summed E-state index contributed by atoms with van der Waals surface area (Å²) < 4.78 is 42.4. The van der Waals surface area contributed by atoms with E-state index in [1.54, 1.807) is 42.3 Å². The van der Waals surface area contributed by atoms with Crippen LogP contribution in [-0.2, 0) is 16.0 Å². The van der Waals surface area contributed by atoms with Gasteiger partial charge in [0, 0.05) is 18.3 Å². The first-order valence-corrected chi connectivity index (χ1v) is 12.5. The molecule has 1 aromatic heterocycles. The van der Waals surface area contributed by atoms with Gasteiger partial charge in [0.2, 0.25) is 0 Å². The molecule has 1 saturated heterocycles. The number of aromatic amines is 1. The van der Waals surface area contributed by atoms with Gasteiger partial charge in [-0.3, -0.25) is 9.59 Å². The van der Waals surface area contributed by atoms with E-state index in [1.165, 1.54) is 17.0 Å². The predicted octanol–water partition coefficient (Wildman–Crippen LogP) is 5.48. The summed E-state index contributed by atoms with van der Waals surface area (Å²) in [5, 5.41) is 9.15. The van der Waals surface area contributed by atoms with Crippen LogP contribution in [0.15, 0.2) is 54.7 Å². The van der Waals surface area contributed by atoms with Crippen LogP contribution in [0.1, 0.15) is 49.0 Å². The van der Waals surface area contributed by atoms with Crippen LogP contribution < -0.4 is 9.64 Å². The van der Waals surface area contributed by atoms with E-state index in [2.05, 4.69) is 20.8 Å². The molecule has 1 unspecified atom stereocenters. The number of amides is 2. The van der Waals surface area contributed by atoms with Crippen LogP contribution in [0.4, 0.5) is 18.9 Å². The first-order chi connectivity index (χ1) is 18.4. The van der Waals surface area contributed by atoms with E-state index in [0.717, 1.165) is 17.7 Å². The maximum atomic E-state index is 13.8. The zero-order valence-electron chi connectivity index (χ0n) is 22.1. The first-order valence-electron chi connectivity index (χ1n) is 12.5. The Hall–Kier alpha value is -4.04. The van der Waals surface area contributed by atoms with Crippen LogP contribution in [-0.4, -0.2) is 45.6 Å². The van der Waals surface area contributed by atoms with Crippen molar-refractivity contribution in [2.75, 3.05) is 11.4 Å². The largest absolute Gasteiger partial charge is 0.573 e. The summed E-state index contributed by atoms with van der Waals surface area (Å²) in [4.78, 5) is 37.5. The van der Waals surface area contributed by atoms with Gasteiger partial charge in [-0.1, -0.05) is 32.0 Å². The standard InChI is InChI=1S/C28H28F3N5O3.ClH/c1-17(2)11-22-16-35(21-5-4-6-23(13-21)39-28(29,30)31)26(37)27(38)36(22)25(24-15-33-18(3)34-24)12-19-7-9-20(14-32)10-8-19;/h4-10,13,15,17,22,25H,11-12,16H2,1-3H3,(H,33,34);1H/t22?,25-;/m0./s1. The normalized spacial score (nSPS) is 16.5. The molecule has 12 heteroatoms. The number of carbonyl (C=O) groups excluding carboxylic acids is 2. The van der Waals surface area contributed by atoms with Crippen LogP contribution >= 0.6 is 12.4 Å². The number of aryl methyl sites for hydroxylation is 1. The Morgan fingerprint density at radius 2 is 1.85 bits per heavy atom. The molecule has 2 heterocycles. The fourth-order valence-corrected chi connectivity index (χ4v) is 4.88. The number of halogens is 4. The number of rotatable bonds is 8. The number of nitrogens with one attached hydrogen (secondary N) is 1. The molecular weight excluding hydrogens is 547 g/mol. The lowest BCUT2D eigenvalue weighted by molar-refractivity contribution is -0.274. The molecule has 1 aliphatic rings. The van der Waals surface area contributed by atoms with E-state index in [4.69, 9.17) is 5.26 Å². The average molecular weight is 576 g/mol. The molecule has 2 amide bonds. The highest BCUT2D eigenvalue weighted by Crippen LogP contribution is 2.34. The van der Waals surface area contributed by atoms with Crippen LogP contribution in [0.2, 0.25) is 0 Å². The minimum atomic E-state index is -4.89. The summed E-state index contributed by atoms with van der Waals surface area (Å²) in [6.07, 6.45) is -2.35. The van der Waals surface area contributed by atoms with Crippen molar-refractivity contribution in [2.45, 2.75) is 52.1 Å². The van der Waals surface area contributed by atoms with Crippen molar-refractivity contribution < 1.29 is 27.5 Å². The van der Waals surface area contributed by atoms with Crippen molar-refractivity contribution >= 4 is 29.9 Å².